The number of unbranched alkanes of at least 4 members (excludes halogenated alkanes) is 1. The van der Waals surface area contributed by atoms with E-state index in [0.29, 0.717) is 29.6 Å². The Morgan fingerprint density at radius 3 is 2.62 bits per heavy atom. The van der Waals surface area contributed by atoms with Crippen LogP contribution in [0.25, 0.3) is 0 Å². The molecular formula is C17H24ClF2N5O2S2. The number of rotatable bonds is 12. The smallest absolute Gasteiger partial charge is 0.266 e. The molecule has 12 heteroatoms. The first-order chi connectivity index (χ1) is 13.7. The molecule has 1 atom stereocenters. The first-order valence-corrected chi connectivity index (χ1v) is 11.7. The van der Waals surface area contributed by atoms with Gasteiger partial charge in [-0.15, -0.1) is 0 Å². The fourth-order valence-corrected chi connectivity index (χ4v) is 4.53. The lowest BCUT2D eigenvalue weighted by atomic mass is 10.2. The summed E-state index contributed by atoms with van der Waals surface area (Å²) in [5.41, 5.74) is 0.306. The number of sulfonamides is 1. The van der Waals surface area contributed by atoms with Crippen molar-refractivity contribution in [1.82, 2.24) is 15.6 Å². The molecule has 0 aliphatic heterocycles. The van der Waals surface area contributed by atoms with Gasteiger partial charge in [-0.2, -0.15) is 4.39 Å². The summed E-state index contributed by atoms with van der Waals surface area (Å²) in [5.74, 6) is -0.968. The van der Waals surface area contributed by atoms with E-state index in [1.165, 1.54) is 0 Å². The second kappa shape index (κ2) is 11.0. The lowest BCUT2D eigenvalue weighted by Gasteiger charge is -2.13. The van der Waals surface area contributed by atoms with E-state index >= 15 is 0 Å². The van der Waals surface area contributed by atoms with E-state index in [2.05, 4.69) is 27.9 Å². The molecule has 0 amide bonds. The highest BCUT2D eigenvalue weighted by atomic mass is 35.5. The minimum atomic E-state index is -4.28. The third-order valence-electron chi connectivity index (χ3n) is 4.05. The van der Waals surface area contributed by atoms with Crippen molar-refractivity contribution in [3.63, 3.8) is 0 Å². The van der Waals surface area contributed by atoms with Gasteiger partial charge in [0.1, 0.15) is 10.7 Å². The van der Waals surface area contributed by atoms with E-state index in [4.69, 9.17) is 11.6 Å². The number of anilines is 2. The standard InChI is InChI=1S/C17H24ClF2N5O2S2/c1-11(21-2)9-22-5-3-4-6-23-14-8-13(19)15(7-12(14)18)29(26,27)25-17-24-10-16(20)28-17/h7-8,10-11,21-23H,3-6,9H2,1-2H3,(H,24,25). The summed E-state index contributed by atoms with van der Waals surface area (Å²) in [5, 5.41) is 8.68. The second-order valence-electron chi connectivity index (χ2n) is 6.37. The largest absolute Gasteiger partial charge is 0.384 e. The van der Waals surface area contributed by atoms with Crippen LogP contribution in [0.3, 0.4) is 0 Å². The van der Waals surface area contributed by atoms with E-state index in [1.54, 1.807) is 0 Å². The minimum Gasteiger partial charge on any atom is -0.384 e. The topological polar surface area (TPSA) is 95.1 Å². The van der Waals surface area contributed by atoms with Crippen molar-refractivity contribution in [3.8, 4) is 0 Å². The number of hydrogen-bond donors (Lipinski definition) is 4. The molecule has 29 heavy (non-hydrogen) atoms. The molecule has 0 spiro atoms. The zero-order chi connectivity index (χ0) is 21.4. The van der Waals surface area contributed by atoms with Crippen molar-refractivity contribution in [1.29, 1.82) is 0 Å². The Hall–Kier alpha value is -1.53. The van der Waals surface area contributed by atoms with Gasteiger partial charge < -0.3 is 16.0 Å². The van der Waals surface area contributed by atoms with Gasteiger partial charge in [0, 0.05) is 19.1 Å². The van der Waals surface area contributed by atoms with Crippen LogP contribution in [0.4, 0.5) is 19.6 Å². The van der Waals surface area contributed by atoms with Gasteiger partial charge in [0.25, 0.3) is 10.0 Å². The Labute approximate surface area is 178 Å². The molecule has 0 bridgehead atoms. The monoisotopic (exact) mass is 467 g/mol. The maximum atomic E-state index is 14.4. The second-order valence-corrected chi connectivity index (χ2v) is 9.40. The van der Waals surface area contributed by atoms with Crippen molar-refractivity contribution < 1.29 is 17.2 Å². The molecule has 0 aliphatic rings. The van der Waals surface area contributed by atoms with E-state index in [9.17, 15) is 17.2 Å². The third-order valence-corrected chi connectivity index (χ3v) is 6.55. The first-order valence-electron chi connectivity index (χ1n) is 8.98. The third kappa shape index (κ3) is 7.34. The lowest BCUT2D eigenvalue weighted by molar-refractivity contribution is 0.530. The molecule has 0 radical (unpaired) electrons. The number of likely N-dealkylation sites (N-methyl/N-ethyl adjacent to an activating group) is 1. The highest BCUT2D eigenvalue weighted by molar-refractivity contribution is 7.93. The molecule has 7 nitrogen and oxygen atoms in total. The Kier molecular flexibility index (Phi) is 9.03. The average molecular weight is 468 g/mol. The molecular weight excluding hydrogens is 444 g/mol. The summed E-state index contributed by atoms with van der Waals surface area (Å²) in [6, 6.07) is 2.45. The van der Waals surface area contributed by atoms with E-state index in [0.717, 1.165) is 44.3 Å². The molecule has 1 aromatic heterocycles. The van der Waals surface area contributed by atoms with Crippen molar-refractivity contribution in [2.24, 2.45) is 0 Å². The molecule has 0 fully saturated rings. The Morgan fingerprint density at radius 1 is 1.24 bits per heavy atom. The van der Waals surface area contributed by atoms with Crippen LogP contribution in [0, 0.1) is 10.9 Å². The highest BCUT2D eigenvalue weighted by Crippen LogP contribution is 2.29. The molecule has 1 heterocycles. The number of nitrogens with one attached hydrogen (secondary N) is 4. The summed E-state index contributed by atoms with van der Waals surface area (Å²) in [4.78, 5) is 2.93. The molecule has 1 unspecified atom stereocenters. The van der Waals surface area contributed by atoms with E-state index in [-0.39, 0.29) is 10.2 Å². The van der Waals surface area contributed by atoms with Crippen LogP contribution in [-0.4, -0.2) is 46.1 Å². The Bertz CT molecular complexity index is 911. The summed E-state index contributed by atoms with van der Waals surface area (Å²) in [7, 11) is -2.38. The Morgan fingerprint density at radius 2 is 1.97 bits per heavy atom. The van der Waals surface area contributed by atoms with Gasteiger partial charge >= 0.3 is 0 Å². The number of benzene rings is 1. The minimum absolute atomic E-state index is 0.0677. The van der Waals surface area contributed by atoms with Crippen LogP contribution in [-0.2, 0) is 10.0 Å². The number of hydrogen-bond acceptors (Lipinski definition) is 7. The number of thiazole rings is 1. The predicted octanol–water partition coefficient (Wildman–Crippen LogP) is 3.27. The fourth-order valence-electron chi connectivity index (χ4n) is 2.36. The van der Waals surface area contributed by atoms with Gasteiger partial charge in [-0.25, -0.2) is 17.8 Å². The van der Waals surface area contributed by atoms with Crippen molar-refractivity contribution in [2.45, 2.75) is 30.7 Å². The number of nitrogens with zero attached hydrogens (tertiary/aromatic N) is 1. The molecule has 2 aromatic rings. The van der Waals surface area contributed by atoms with E-state index < -0.39 is 25.9 Å². The van der Waals surface area contributed by atoms with Gasteiger partial charge in [-0.05, 0) is 45.5 Å². The molecule has 162 valence electrons. The van der Waals surface area contributed by atoms with Crippen molar-refractivity contribution >= 4 is 43.8 Å². The molecule has 0 aliphatic carbocycles. The van der Waals surface area contributed by atoms with Crippen LogP contribution < -0.4 is 20.7 Å². The summed E-state index contributed by atoms with van der Waals surface area (Å²) in [6.45, 7) is 4.37. The first kappa shape index (κ1) is 23.7. The quantitative estimate of drug-likeness (QED) is 0.358. The molecule has 1 aromatic carbocycles. The number of aromatic nitrogens is 1. The lowest BCUT2D eigenvalue weighted by Crippen LogP contribution is -2.34. The van der Waals surface area contributed by atoms with Gasteiger partial charge in [0.05, 0.1) is 16.9 Å². The van der Waals surface area contributed by atoms with Crippen molar-refractivity contribution in [3.05, 3.63) is 34.3 Å². The maximum absolute atomic E-state index is 14.4. The average Bonchev–Trinajstić information content (AvgIpc) is 3.06. The summed E-state index contributed by atoms with van der Waals surface area (Å²) in [6.07, 6.45) is 2.62. The van der Waals surface area contributed by atoms with Crippen LogP contribution in [0.1, 0.15) is 19.8 Å². The van der Waals surface area contributed by atoms with Crippen LogP contribution >= 0.6 is 22.9 Å². The van der Waals surface area contributed by atoms with Crippen LogP contribution in [0.2, 0.25) is 5.02 Å². The zero-order valence-electron chi connectivity index (χ0n) is 16.1. The van der Waals surface area contributed by atoms with Gasteiger partial charge in [0.15, 0.2) is 10.3 Å². The summed E-state index contributed by atoms with van der Waals surface area (Å²) >= 11 is 6.61. The normalized spacial score (nSPS) is 12.7. The van der Waals surface area contributed by atoms with Crippen LogP contribution in [0.15, 0.2) is 23.2 Å². The Balaban J connectivity index is 1.90. The highest BCUT2D eigenvalue weighted by Gasteiger charge is 2.23. The fraction of sp³-hybridized carbons (Fsp3) is 0.471. The van der Waals surface area contributed by atoms with Gasteiger partial charge in [-0.3, -0.25) is 4.72 Å². The van der Waals surface area contributed by atoms with E-state index in [1.807, 2.05) is 11.8 Å². The SMILES string of the molecule is CNC(C)CNCCCCNc1cc(F)c(S(=O)(=O)Nc2ncc(F)s2)cc1Cl. The maximum Gasteiger partial charge on any atom is 0.266 e. The predicted molar refractivity (Wildman–Crippen MR) is 113 cm³/mol. The molecule has 4 N–H and O–H groups in total. The molecule has 0 saturated heterocycles. The molecule has 0 saturated carbocycles. The van der Waals surface area contributed by atoms with Crippen molar-refractivity contribution in [2.75, 3.05) is 36.7 Å². The molecule has 2 rings (SSSR count). The zero-order valence-corrected chi connectivity index (χ0v) is 18.4. The van der Waals surface area contributed by atoms with Crippen LogP contribution in [0.5, 0.6) is 0 Å². The summed E-state index contributed by atoms with van der Waals surface area (Å²) < 4.78 is 54.1. The van der Waals surface area contributed by atoms with Gasteiger partial charge in [-0.1, -0.05) is 22.9 Å². The number of halogens is 3. The van der Waals surface area contributed by atoms with Gasteiger partial charge in [0.2, 0.25) is 0 Å².